The molecule has 1 heterocycles. The third-order valence-corrected chi connectivity index (χ3v) is 3.64. The van der Waals surface area contributed by atoms with Crippen LogP contribution >= 0.6 is 0 Å². The predicted molar refractivity (Wildman–Crippen MR) is 77.1 cm³/mol. The Morgan fingerprint density at radius 2 is 1.78 bits per heavy atom. The molecule has 1 fully saturated rings. The molecule has 126 valence electrons. The zero-order valence-electron chi connectivity index (χ0n) is 12.0. The van der Waals surface area contributed by atoms with Crippen LogP contribution in [0, 0.1) is 0 Å². The number of rotatable bonds is 4. The normalized spacial score (nSPS) is 34.7. The van der Waals surface area contributed by atoms with Crippen LogP contribution in [0.2, 0.25) is 0 Å². The van der Waals surface area contributed by atoms with Gasteiger partial charge in [0.25, 0.3) is 5.79 Å². The van der Waals surface area contributed by atoms with E-state index in [1.807, 2.05) is 0 Å². The number of phenolic OH excluding ortho intramolecular Hbond substituents is 1. The highest BCUT2D eigenvalue weighted by molar-refractivity contribution is 5.99. The van der Waals surface area contributed by atoms with Gasteiger partial charge in [0.2, 0.25) is 5.78 Å². The number of benzene rings is 1. The summed E-state index contributed by atoms with van der Waals surface area (Å²) in [6, 6.07) is 5.81. The fourth-order valence-corrected chi connectivity index (χ4v) is 2.23. The molecule has 8 heteroatoms. The maximum atomic E-state index is 12.1. The highest BCUT2D eigenvalue weighted by Crippen LogP contribution is 2.29. The molecule has 6 N–H and O–H groups in total. The van der Waals surface area contributed by atoms with Crippen molar-refractivity contribution in [2.24, 2.45) is 0 Å². The van der Waals surface area contributed by atoms with Gasteiger partial charge in [-0.05, 0) is 23.8 Å². The van der Waals surface area contributed by atoms with Crippen LogP contribution in [0.3, 0.4) is 0 Å². The van der Waals surface area contributed by atoms with E-state index in [9.17, 15) is 25.2 Å². The fourth-order valence-electron chi connectivity index (χ4n) is 2.23. The minimum Gasteiger partial charge on any atom is -0.508 e. The third kappa shape index (κ3) is 3.42. The lowest BCUT2D eigenvalue weighted by Crippen LogP contribution is -2.67. The molecular weight excluding hydrogens is 308 g/mol. The van der Waals surface area contributed by atoms with E-state index in [1.54, 1.807) is 0 Å². The quantitative estimate of drug-likeness (QED) is 0.353. The van der Waals surface area contributed by atoms with Gasteiger partial charge in [-0.1, -0.05) is 18.2 Å². The Morgan fingerprint density at radius 1 is 1.17 bits per heavy atom. The molecule has 1 aliphatic heterocycles. The molecule has 0 amide bonds. The maximum absolute atomic E-state index is 12.1. The van der Waals surface area contributed by atoms with Crippen LogP contribution in [0.25, 0.3) is 6.08 Å². The summed E-state index contributed by atoms with van der Waals surface area (Å²) < 4.78 is 4.89. The first-order chi connectivity index (χ1) is 10.8. The largest absolute Gasteiger partial charge is 0.508 e. The molecule has 1 aromatic carbocycles. The van der Waals surface area contributed by atoms with Gasteiger partial charge in [0, 0.05) is 0 Å². The minimum absolute atomic E-state index is 0.0426. The van der Waals surface area contributed by atoms with Crippen molar-refractivity contribution >= 4 is 11.9 Å². The van der Waals surface area contributed by atoms with Crippen LogP contribution in [0.5, 0.6) is 5.75 Å². The van der Waals surface area contributed by atoms with E-state index in [-0.39, 0.29) is 5.75 Å². The summed E-state index contributed by atoms with van der Waals surface area (Å²) in [6.07, 6.45) is -4.79. The Hall–Kier alpha value is -1.81. The SMILES string of the molecule is O=C(/C=C/c1ccc(O)cc1)C1(O)O[C@H](CO)[C@@H](O)[C@H](O)[C@H]1O. The van der Waals surface area contributed by atoms with Crippen molar-refractivity contribution in [2.45, 2.75) is 30.2 Å². The predicted octanol–water partition coefficient (Wildman–Crippen LogP) is -1.86. The average molecular weight is 326 g/mol. The zero-order valence-corrected chi connectivity index (χ0v) is 12.0. The van der Waals surface area contributed by atoms with Crippen LogP contribution in [-0.2, 0) is 9.53 Å². The van der Waals surface area contributed by atoms with Crippen molar-refractivity contribution in [3.8, 4) is 5.75 Å². The molecular formula is C15H18O8. The first-order valence-corrected chi connectivity index (χ1v) is 6.86. The van der Waals surface area contributed by atoms with Crippen LogP contribution in [0.15, 0.2) is 30.3 Å². The Bertz CT molecular complexity index is 582. The number of aliphatic hydroxyl groups is 5. The van der Waals surface area contributed by atoms with Crippen molar-refractivity contribution in [3.05, 3.63) is 35.9 Å². The molecule has 1 aromatic rings. The topological polar surface area (TPSA) is 148 Å². The smallest absolute Gasteiger partial charge is 0.260 e. The summed E-state index contributed by atoms with van der Waals surface area (Å²) in [5.41, 5.74) is 0.532. The number of hydrogen-bond donors (Lipinski definition) is 6. The number of carbonyl (C=O) groups is 1. The molecule has 23 heavy (non-hydrogen) atoms. The number of ketones is 1. The summed E-state index contributed by atoms with van der Waals surface area (Å²) in [5, 5.41) is 57.6. The number of aromatic hydroxyl groups is 1. The van der Waals surface area contributed by atoms with Gasteiger partial charge in [-0.2, -0.15) is 0 Å². The van der Waals surface area contributed by atoms with Crippen molar-refractivity contribution in [1.29, 1.82) is 0 Å². The van der Waals surface area contributed by atoms with E-state index in [2.05, 4.69) is 0 Å². The van der Waals surface area contributed by atoms with Gasteiger partial charge in [0.1, 0.15) is 30.2 Å². The van der Waals surface area contributed by atoms with Gasteiger partial charge in [0.05, 0.1) is 6.61 Å². The molecule has 0 saturated carbocycles. The molecule has 0 bridgehead atoms. The second-order valence-corrected chi connectivity index (χ2v) is 5.25. The van der Waals surface area contributed by atoms with E-state index < -0.39 is 42.6 Å². The Morgan fingerprint density at radius 3 is 2.35 bits per heavy atom. The second-order valence-electron chi connectivity index (χ2n) is 5.25. The monoisotopic (exact) mass is 326 g/mol. The van der Waals surface area contributed by atoms with Crippen molar-refractivity contribution in [2.75, 3.05) is 6.61 Å². The summed E-state index contributed by atoms with van der Waals surface area (Å²) in [5.74, 6) is -3.82. The first-order valence-electron chi connectivity index (χ1n) is 6.86. The molecule has 0 spiro atoms. The Balaban J connectivity index is 2.20. The minimum atomic E-state index is -2.79. The van der Waals surface area contributed by atoms with E-state index in [1.165, 1.54) is 30.3 Å². The van der Waals surface area contributed by atoms with E-state index in [0.29, 0.717) is 5.56 Å². The Kier molecular flexibility index (Phi) is 5.15. The summed E-state index contributed by atoms with van der Waals surface area (Å²) in [4.78, 5) is 12.1. The molecule has 0 aromatic heterocycles. The molecule has 8 nitrogen and oxygen atoms in total. The van der Waals surface area contributed by atoms with Gasteiger partial charge in [-0.25, -0.2) is 0 Å². The summed E-state index contributed by atoms with van der Waals surface area (Å²) in [6.45, 7) is -0.762. The van der Waals surface area contributed by atoms with Gasteiger partial charge in [-0.15, -0.1) is 0 Å². The van der Waals surface area contributed by atoms with Gasteiger partial charge in [0.15, 0.2) is 0 Å². The highest BCUT2D eigenvalue weighted by atomic mass is 16.7. The number of hydrogen-bond acceptors (Lipinski definition) is 8. The first kappa shape index (κ1) is 17.5. The van der Waals surface area contributed by atoms with E-state index in [4.69, 9.17) is 14.9 Å². The van der Waals surface area contributed by atoms with Crippen LogP contribution in [-0.4, -0.2) is 73.2 Å². The van der Waals surface area contributed by atoms with Gasteiger partial charge >= 0.3 is 0 Å². The van der Waals surface area contributed by atoms with Crippen molar-refractivity contribution in [3.63, 3.8) is 0 Å². The summed E-state index contributed by atoms with van der Waals surface area (Å²) in [7, 11) is 0. The lowest BCUT2D eigenvalue weighted by atomic mass is 9.90. The van der Waals surface area contributed by atoms with E-state index in [0.717, 1.165) is 6.08 Å². The Labute approximate surface area is 131 Å². The number of ether oxygens (including phenoxy) is 1. The molecule has 0 radical (unpaired) electrons. The average Bonchev–Trinajstić information content (AvgIpc) is 2.55. The number of carbonyl (C=O) groups excluding carboxylic acids is 1. The molecule has 5 atom stereocenters. The van der Waals surface area contributed by atoms with Crippen molar-refractivity contribution < 1.29 is 40.2 Å². The third-order valence-electron chi connectivity index (χ3n) is 3.64. The van der Waals surface area contributed by atoms with Crippen molar-refractivity contribution in [1.82, 2.24) is 0 Å². The van der Waals surface area contributed by atoms with Crippen LogP contribution < -0.4 is 0 Å². The molecule has 1 unspecified atom stereocenters. The molecule has 0 aliphatic carbocycles. The summed E-state index contributed by atoms with van der Waals surface area (Å²) >= 11 is 0. The molecule has 2 rings (SSSR count). The van der Waals surface area contributed by atoms with E-state index >= 15 is 0 Å². The zero-order chi connectivity index (χ0) is 17.2. The number of phenols is 1. The second kappa shape index (κ2) is 6.75. The van der Waals surface area contributed by atoms with Crippen LogP contribution in [0.1, 0.15) is 5.56 Å². The van der Waals surface area contributed by atoms with Crippen LogP contribution in [0.4, 0.5) is 0 Å². The standard InChI is InChI=1S/C15H18O8/c16-7-10-12(19)13(20)14(21)15(22,23-10)11(18)6-3-8-1-4-9(17)5-2-8/h1-6,10,12-14,16-17,19-22H,7H2/b6-3+/t10-,12-,13+,14-,15?/m1/s1. The maximum Gasteiger partial charge on any atom is 0.260 e. The molecule has 1 saturated heterocycles. The van der Waals surface area contributed by atoms with Gasteiger partial charge < -0.3 is 35.4 Å². The fraction of sp³-hybridized carbons (Fsp3) is 0.400. The number of aliphatic hydroxyl groups excluding tert-OH is 4. The highest BCUT2D eigenvalue weighted by Gasteiger charge is 2.56. The molecule has 1 aliphatic rings. The lowest BCUT2D eigenvalue weighted by molar-refractivity contribution is -0.329. The van der Waals surface area contributed by atoms with Gasteiger partial charge in [-0.3, -0.25) is 4.79 Å². The lowest BCUT2D eigenvalue weighted by Gasteiger charge is -2.43.